The molecule has 0 aliphatic heterocycles. The highest BCUT2D eigenvalue weighted by atomic mass is 19.4. The normalized spacial score (nSPS) is 12.5. The summed E-state index contributed by atoms with van der Waals surface area (Å²) >= 11 is 0. The van der Waals surface area contributed by atoms with Crippen LogP contribution in [-0.4, -0.2) is 45.4 Å². The first-order valence-corrected chi connectivity index (χ1v) is 8.54. The van der Waals surface area contributed by atoms with Crippen LogP contribution < -0.4 is 5.32 Å². The first kappa shape index (κ1) is 21.3. The summed E-state index contributed by atoms with van der Waals surface area (Å²) in [5.41, 5.74) is 0.678. The van der Waals surface area contributed by atoms with E-state index in [9.17, 15) is 22.8 Å². The second-order valence-corrected chi connectivity index (χ2v) is 6.36. The number of carboxylic acids is 1. The summed E-state index contributed by atoms with van der Waals surface area (Å²) in [6.45, 7) is 3.34. The quantitative estimate of drug-likeness (QED) is 0.778. The monoisotopic (exact) mass is 398 g/mol. The lowest BCUT2D eigenvalue weighted by Crippen LogP contribution is -2.36. The van der Waals surface area contributed by atoms with Crippen molar-refractivity contribution in [3.8, 4) is 5.69 Å². The van der Waals surface area contributed by atoms with Crippen LogP contribution in [0, 0.1) is 5.92 Å². The van der Waals surface area contributed by atoms with Gasteiger partial charge < -0.3 is 15.3 Å². The number of aromatic nitrogens is 2. The molecule has 1 unspecified atom stereocenters. The lowest BCUT2D eigenvalue weighted by molar-refractivity contribution is -0.141. The fourth-order valence-corrected chi connectivity index (χ4v) is 2.61. The minimum Gasteiger partial charge on any atom is -0.481 e. The molecule has 0 spiro atoms. The van der Waals surface area contributed by atoms with Crippen molar-refractivity contribution >= 4 is 17.7 Å². The molecule has 0 saturated heterocycles. The van der Waals surface area contributed by atoms with Gasteiger partial charge in [0.05, 0.1) is 34.7 Å². The number of halogens is 3. The Kier molecular flexibility index (Phi) is 6.32. The largest absolute Gasteiger partial charge is 0.481 e. The Bertz CT molecular complexity index is 847. The molecule has 1 aromatic heterocycles. The third-order valence-electron chi connectivity index (χ3n) is 4.20. The molecule has 2 rings (SSSR count). The number of carbonyl (C=O) groups is 2. The minimum atomic E-state index is -4.42. The van der Waals surface area contributed by atoms with Crippen LogP contribution in [0.15, 0.2) is 30.5 Å². The maximum Gasteiger partial charge on any atom is 0.416 e. The summed E-state index contributed by atoms with van der Waals surface area (Å²) in [7, 11) is 1.47. The lowest BCUT2D eigenvalue weighted by atomic mass is 10.2. The Labute approximate surface area is 159 Å². The smallest absolute Gasteiger partial charge is 0.416 e. The summed E-state index contributed by atoms with van der Waals surface area (Å²) in [6, 6.07) is 4.04. The fourth-order valence-electron chi connectivity index (χ4n) is 2.61. The number of benzene rings is 1. The van der Waals surface area contributed by atoms with E-state index in [4.69, 9.17) is 5.11 Å². The number of nitrogens with zero attached hydrogens (tertiary/aromatic N) is 3. The zero-order chi connectivity index (χ0) is 21.1. The molecule has 2 aromatic rings. The Balaban J connectivity index is 2.19. The first-order chi connectivity index (χ1) is 13.0. The van der Waals surface area contributed by atoms with Crippen molar-refractivity contribution in [2.45, 2.75) is 26.4 Å². The van der Waals surface area contributed by atoms with Crippen molar-refractivity contribution in [2.75, 3.05) is 18.9 Å². The summed E-state index contributed by atoms with van der Waals surface area (Å²) in [5, 5.41) is 15.8. The van der Waals surface area contributed by atoms with Gasteiger partial charge in [-0.1, -0.05) is 13.8 Å². The summed E-state index contributed by atoms with van der Waals surface area (Å²) < 4.78 is 39.6. The van der Waals surface area contributed by atoms with Crippen LogP contribution in [-0.2, 0) is 17.4 Å². The highest BCUT2D eigenvalue weighted by molar-refractivity contribution is 5.90. The second kappa shape index (κ2) is 8.32. The molecule has 2 amide bonds. The number of carboxylic acid groups (broad SMARTS) is 1. The molecule has 1 heterocycles. The Morgan fingerprint density at radius 1 is 1.29 bits per heavy atom. The van der Waals surface area contributed by atoms with Crippen molar-refractivity contribution in [3.05, 3.63) is 41.7 Å². The predicted molar refractivity (Wildman–Crippen MR) is 96.4 cm³/mol. The number of alkyl halides is 3. The zero-order valence-corrected chi connectivity index (χ0v) is 15.6. The van der Waals surface area contributed by atoms with E-state index in [2.05, 4.69) is 10.4 Å². The molecular formula is C18H21F3N4O3. The van der Waals surface area contributed by atoms with E-state index in [1.807, 2.05) is 6.92 Å². The number of carbonyl (C=O) groups excluding carboxylic acids is 1. The SMILES string of the molecule is CCc1c(NC(=O)N(C)CC(C)C(=O)O)cnn1-c1ccc(C(F)(F)F)cc1. The molecule has 0 saturated carbocycles. The van der Waals surface area contributed by atoms with Gasteiger partial charge in [-0.3, -0.25) is 4.79 Å². The molecular weight excluding hydrogens is 377 g/mol. The van der Waals surface area contributed by atoms with E-state index >= 15 is 0 Å². The van der Waals surface area contributed by atoms with Crippen molar-refractivity contribution in [2.24, 2.45) is 5.92 Å². The number of hydrogen-bond acceptors (Lipinski definition) is 3. The van der Waals surface area contributed by atoms with Crippen LogP contribution in [0.3, 0.4) is 0 Å². The minimum absolute atomic E-state index is 0.0235. The van der Waals surface area contributed by atoms with Gasteiger partial charge in [-0.2, -0.15) is 18.3 Å². The third-order valence-corrected chi connectivity index (χ3v) is 4.20. The van der Waals surface area contributed by atoms with Crippen LogP contribution in [0.25, 0.3) is 5.69 Å². The number of rotatable bonds is 6. The van der Waals surface area contributed by atoms with Gasteiger partial charge in [-0.25, -0.2) is 9.48 Å². The zero-order valence-electron chi connectivity index (χ0n) is 15.6. The van der Waals surface area contributed by atoms with Crippen molar-refractivity contribution in [1.82, 2.24) is 14.7 Å². The number of nitrogens with one attached hydrogen (secondary N) is 1. The van der Waals surface area contributed by atoms with Gasteiger partial charge in [0.15, 0.2) is 0 Å². The van der Waals surface area contributed by atoms with E-state index in [0.29, 0.717) is 23.5 Å². The van der Waals surface area contributed by atoms with E-state index in [0.717, 1.165) is 12.1 Å². The van der Waals surface area contributed by atoms with Gasteiger partial charge in [0.25, 0.3) is 0 Å². The number of hydrogen-bond donors (Lipinski definition) is 2. The second-order valence-electron chi connectivity index (χ2n) is 6.36. The Hall–Kier alpha value is -3.04. The van der Waals surface area contributed by atoms with Crippen LogP contribution in [0.1, 0.15) is 25.1 Å². The van der Waals surface area contributed by atoms with E-state index in [1.54, 1.807) is 0 Å². The standard InChI is InChI=1S/C18H21F3N4O3/c1-4-15-14(23-17(28)24(3)10-11(2)16(26)27)9-22-25(15)13-7-5-12(6-8-13)18(19,20)21/h5-9,11H,4,10H2,1-3H3,(H,23,28)(H,26,27). The molecule has 7 nitrogen and oxygen atoms in total. The lowest BCUT2D eigenvalue weighted by Gasteiger charge is -2.20. The molecule has 1 aromatic carbocycles. The maximum absolute atomic E-state index is 12.7. The molecule has 0 aliphatic rings. The summed E-state index contributed by atoms with van der Waals surface area (Å²) in [4.78, 5) is 24.5. The maximum atomic E-state index is 12.7. The summed E-state index contributed by atoms with van der Waals surface area (Å²) in [6.07, 6.45) is -2.55. The molecule has 10 heteroatoms. The van der Waals surface area contributed by atoms with E-state index in [-0.39, 0.29) is 6.54 Å². The van der Waals surface area contributed by atoms with Crippen LogP contribution in [0.2, 0.25) is 0 Å². The number of aliphatic carboxylic acids is 1. The molecule has 1 atom stereocenters. The Morgan fingerprint density at radius 2 is 1.89 bits per heavy atom. The van der Waals surface area contributed by atoms with Crippen LogP contribution in [0.4, 0.5) is 23.7 Å². The third kappa shape index (κ3) is 4.81. The van der Waals surface area contributed by atoms with Crippen molar-refractivity contribution < 1.29 is 27.9 Å². The van der Waals surface area contributed by atoms with Gasteiger partial charge in [-0.15, -0.1) is 0 Å². The molecule has 0 aliphatic carbocycles. The number of anilines is 1. The average molecular weight is 398 g/mol. The van der Waals surface area contributed by atoms with Crippen LogP contribution in [0.5, 0.6) is 0 Å². The fraction of sp³-hybridized carbons (Fsp3) is 0.389. The predicted octanol–water partition coefficient (Wildman–Crippen LogP) is 3.64. The first-order valence-electron chi connectivity index (χ1n) is 8.54. The van der Waals surface area contributed by atoms with Gasteiger partial charge in [0.2, 0.25) is 0 Å². The summed E-state index contributed by atoms with van der Waals surface area (Å²) in [5.74, 6) is -1.74. The number of urea groups is 1. The van der Waals surface area contributed by atoms with Crippen molar-refractivity contribution in [1.29, 1.82) is 0 Å². The highest BCUT2D eigenvalue weighted by Crippen LogP contribution is 2.30. The highest BCUT2D eigenvalue weighted by Gasteiger charge is 2.30. The van der Waals surface area contributed by atoms with Gasteiger partial charge in [0, 0.05) is 13.6 Å². The molecule has 28 heavy (non-hydrogen) atoms. The van der Waals surface area contributed by atoms with E-state index in [1.165, 1.54) is 41.9 Å². The average Bonchev–Trinajstić information content (AvgIpc) is 3.03. The topological polar surface area (TPSA) is 87.5 Å². The molecule has 0 bridgehead atoms. The van der Waals surface area contributed by atoms with Crippen LogP contribution >= 0.6 is 0 Å². The van der Waals surface area contributed by atoms with Crippen molar-refractivity contribution in [3.63, 3.8) is 0 Å². The van der Waals surface area contributed by atoms with Gasteiger partial charge in [-0.05, 0) is 30.7 Å². The molecule has 152 valence electrons. The number of amides is 2. The van der Waals surface area contributed by atoms with Gasteiger partial charge >= 0.3 is 18.2 Å². The molecule has 0 fully saturated rings. The molecule has 0 radical (unpaired) electrons. The molecule has 2 N–H and O–H groups in total. The van der Waals surface area contributed by atoms with E-state index < -0.39 is 29.7 Å². The Morgan fingerprint density at radius 3 is 2.39 bits per heavy atom. The van der Waals surface area contributed by atoms with Gasteiger partial charge in [0.1, 0.15) is 0 Å².